The minimum absolute atomic E-state index is 0.0579. The lowest BCUT2D eigenvalue weighted by atomic mass is 10.1. The van der Waals surface area contributed by atoms with E-state index in [1.807, 2.05) is 0 Å². The molecule has 1 unspecified atom stereocenters. The zero-order chi connectivity index (χ0) is 11.7. The molecular weight excluding hydrogens is 438 g/mol. The molecule has 0 fully saturated rings. The monoisotopic (exact) mass is 443 g/mol. The highest BCUT2D eigenvalue weighted by molar-refractivity contribution is 9.13. The van der Waals surface area contributed by atoms with Crippen LogP contribution in [0.25, 0.3) is 0 Å². The third-order valence-corrected chi connectivity index (χ3v) is 7.46. The zero-order valence-corrected chi connectivity index (χ0v) is 14.4. The fourth-order valence-electron chi connectivity index (χ4n) is 1.32. The van der Waals surface area contributed by atoms with Crippen LogP contribution in [-0.4, -0.2) is 0 Å². The maximum atomic E-state index is 6.19. The minimum Gasteiger partial charge on any atom is -0.323 e. The molecule has 2 aromatic heterocycles. The Hall–Kier alpha value is 0.800. The van der Waals surface area contributed by atoms with Crippen molar-refractivity contribution in [1.29, 1.82) is 0 Å². The second-order valence-corrected chi connectivity index (χ2v) is 8.38. The van der Waals surface area contributed by atoms with Gasteiger partial charge in [-0.15, -0.1) is 22.7 Å². The van der Waals surface area contributed by atoms with E-state index < -0.39 is 0 Å². The van der Waals surface area contributed by atoms with E-state index in [1.165, 1.54) is 9.75 Å². The van der Waals surface area contributed by atoms with Crippen LogP contribution in [0.4, 0.5) is 0 Å². The van der Waals surface area contributed by atoms with E-state index in [0.29, 0.717) is 0 Å². The van der Waals surface area contributed by atoms with Gasteiger partial charge in [0.15, 0.2) is 0 Å². The number of thiophene rings is 2. The number of nitrogens with two attached hydrogens (primary N) is 1. The molecule has 0 aliphatic heterocycles. The second-order valence-electron chi connectivity index (χ2n) is 3.27. The zero-order valence-electron chi connectivity index (χ0n) is 8.04. The Morgan fingerprint density at radius 3 is 2.50 bits per heavy atom. The molecule has 0 saturated heterocycles. The SMILES string of the molecule is NC(Cc1sccc1Br)c1cc(Br)c(Br)s1. The van der Waals surface area contributed by atoms with Crippen LogP contribution in [0.15, 0.2) is 30.2 Å². The predicted molar refractivity (Wildman–Crippen MR) is 82.4 cm³/mol. The van der Waals surface area contributed by atoms with Crippen molar-refractivity contribution in [1.82, 2.24) is 0 Å². The van der Waals surface area contributed by atoms with E-state index in [2.05, 4.69) is 65.3 Å². The highest BCUT2D eigenvalue weighted by Gasteiger charge is 2.14. The summed E-state index contributed by atoms with van der Waals surface area (Å²) in [6.45, 7) is 0. The Morgan fingerprint density at radius 2 is 2.00 bits per heavy atom. The molecule has 1 atom stereocenters. The van der Waals surface area contributed by atoms with Crippen molar-refractivity contribution >= 4 is 70.5 Å². The summed E-state index contributed by atoms with van der Waals surface area (Å²) >= 11 is 13.9. The summed E-state index contributed by atoms with van der Waals surface area (Å²) in [4.78, 5) is 2.49. The molecule has 86 valence electrons. The molecule has 2 rings (SSSR count). The molecule has 0 amide bonds. The van der Waals surface area contributed by atoms with Gasteiger partial charge in [-0.3, -0.25) is 0 Å². The van der Waals surface area contributed by atoms with E-state index in [-0.39, 0.29) is 6.04 Å². The van der Waals surface area contributed by atoms with Crippen LogP contribution >= 0.6 is 70.5 Å². The third-order valence-electron chi connectivity index (χ3n) is 2.13. The number of rotatable bonds is 3. The average Bonchev–Trinajstić information content (AvgIpc) is 2.76. The summed E-state index contributed by atoms with van der Waals surface area (Å²) in [5.74, 6) is 0. The Labute approximate surface area is 127 Å². The first kappa shape index (κ1) is 13.2. The molecular formula is C10H8Br3NS2. The van der Waals surface area contributed by atoms with Gasteiger partial charge in [0.2, 0.25) is 0 Å². The van der Waals surface area contributed by atoms with E-state index in [4.69, 9.17) is 5.73 Å². The van der Waals surface area contributed by atoms with Gasteiger partial charge in [0.25, 0.3) is 0 Å². The summed E-state index contributed by atoms with van der Waals surface area (Å²) in [5, 5.41) is 2.08. The van der Waals surface area contributed by atoms with E-state index in [9.17, 15) is 0 Å². The van der Waals surface area contributed by atoms with Crippen molar-refractivity contribution in [3.63, 3.8) is 0 Å². The van der Waals surface area contributed by atoms with Crippen LogP contribution in [0.3, 0.4) is 0 Å². The van der Waals surface area contributed by atoms with Crippen molar-refractivity contribution in [2.24, 2.45) is 5.73 Å². The Kier molecular flexibility index (Phi) is 4.66. The number of halogens is 3. The molecule has 0 spiro atoms. The summed E-state index contributed by atoms with van der Waals surface area (Å²) in [5.41, 5.74) is 6.19. The van der Waals surface area contributed by atoms with Gasteiger partial charge < -0.3 is 5.73 Å². The van der Waals surface area contributed by atoms with Gasteiger partial charge >= 0.3 is 0 Å². The summed E-state index contributed by atoms with van der Waals surface area (Å²) < 4.78 is 3.33. The maximum Gasteiger partial charge on any atom is 0.0843 e. The van der Waals surface area contributed by atoms with Gasteiger partial charge in [-0.25, -0.2) is 0 Å². The fraction of sp³-hybridized carbons (Fsp3) is 0.200. The molecule has 2 aromatic rings. The normalized spacial score (nSPS) is 13.0. The van der Waals surface area contributed by atoms with Crippen molar-refractivity contribution in [2.45, 2.75) is 12.5 Å². The molecule has 6 heteroatoms. The molecule has 0 radical (unpaired) electrons. The topological polar surface area (TPSA) is 26.0 Å². The van der Waals surface area contributed by atoms with Crippen LogP contribution in [0, 0.1) is 0 Å². The third kappa shape index (κ3) is 2.97. The smallest absolute Gasteiger partial charge is 0.0843 e. The Bertz CT molecular complexity index is 472. The Balaban J connectivity index is 2.14. The fourth-order valence-corrected chi connectivity index (χ4v) is 4.98. The summed E-state index contributed by atoms with van der Waals surface area (Å²) in [6, 6.07) is 4.20. The predicted octanol–water partition coefficient (Wildman–Crippen LogP) is 5.34. The first-order valence-electron chi connectivity index (χ1n) is 4.50. The lowest BCUT2D eigenvalue weighted by Crippen LogP contribution is -2.11. The van der Waals surface area contributed by atoms with Gasteiger partial charge in [-0.1, -0.05) is 0 Å². The summed E-state index contributed by atoms with van der Waals surface area (Å²) in [7, 11) is 0. The molecule has 0 aliphatic carbocycles. The van der Waals surface area contributed by atoms with Gasteiger partial charge in [0.1, 0.15) is 0 Å². The summed E-state index contributed by atoms with van der Waals surface area (Å²) in [6.07, 6.45) is 0.873. The van der Waals surface area contributed by atoms with Crippen molar-refractivity contribution in [2.75, 3.05) is 0 Å². The van der Waals surface area contributed by atoms with E-state index in [1.54, 1.807) is 22.7 Å². The lowest BCUT2D eigenvalue weighted by Gasteiger charge is -2.07. The molecule has 0 bridgehead atoms. The van der Waals surface area contributed by atoms with Crippen molar-refractivity contribution in [3.05, 3.63) is 40.0 Å². The maximum absolute atomic E-state index is 6.19. The van der Waals surface area contributed by atoms with Crippen LogP contribution < -0.4 is 5.73 Å². The quantitative estimate of drug-likeness (QED) is 0.678. The van der Waals surface area contributed by atoms with Crippen molar-refractivity contribution < 1.29 is 0 Å². The van der Waals surface area contributed by atoms with E-state index in [0.717, 1.165) is 19.2 Å². The molecule has 1 nitrogen and oxygen atoms in total. The molecule has 16 heavy (non-hydrogen) atoms. The molecule has 2 N–H and O–H groups in total. The Morgan fingerprint density at radius 1 is 1.25 bits per heavy atom. The highest BCUT2D eigenvalue weighted by Crippen LogP contribution is 2.36. The second kappa shape index (κ2) is 5.63. The molecule has 0 aromatic carbocycles. The van der Waals surface area contributed by atoms with Crippen LogP contribution in [0.2, 0.25) is 0 Å². The van der Waals surface area contributed by atoms with Gasteiger partial charge in [-0.05, 0) is 65.3 Å². The van der Waals surface area contributed by atoms with Crippen LogP contribution in [-0.2, 0) is 6.42 Å². The lowest BCUT2D eigenvalue weighted by molar-refractivity contribution is 0.743. The van der Waals surface area contributed by atoms with Crippen LogP contribution in [0.5, 0.6) is 0 Å². The largest absolute Gasteiger partial charge is 0.323 e. The standard InChI is InChI=1S/C10H8Br3NS2/c11-5-1-2-15-8(5)4-7(14)9-3-6(12)10(13)16-9/h1-3,7H,4,14H2. The highest BCUT2D eigenvalue weighted by atomic mass is 79.9. The molecule has 0 aliphatic rings. The van der Waals surface area contributed by atoms with Crippen LogP contribution in [0.1, 0.15) is 15.8 Å². The average molecular weight is 446 g/mol. The minimum atomic E-state index is 0.0579. The van der Waals surface area contributed by atoms with Crippen molar-refractivity contribution in [3.8, 4) is 0 Å². The number of hydrogen-bond donors (Lipinski definition) is 1. The molecule has 2 heterocycles. The molecule has 0 saturated carbocycles. The number of hydrogen-bond acceptors (Lipinski definition) is 3. The van der Waals surface area contributed by atoms with Gasteiger partial charge in [-0.2, -0.15) is 0 Å². The first-order valence-corrected chi connectivity index (χ1v) is 8.57. The van der Waals surface area contributed by atoms with Gasteiger partial charge in [0, 0.05) is 31.2 Å². The first-order chi connectivity index (χ1) is 7.58. The van der Waals surface area contributed by atoms with E-state index >= 15 is 0 Å². The van der Waals surface area contributed by atoms with Gasteiger partial charge in [0.05, 0.1) is 3.79 Å².